The monoisotopic (exact) mass is 299 g/mol. The molecule has 120 valence electrons. The van der Waals surface area contributed by atoms with Crippen molar-refractivity contribution in [3.8, 4) is 0 Å². The van der Waals surface area contributed by atoms with Crippen molar-refractivity contribution < 1.29 is 19.4 Å². The first-order chi connectivity index (χ1) is 9.94. The molecular weight excluding hydrogens is 274 g/mol. The van der Waals surface area contributed by atoms with Gasteiger partial charge >= 0.3 is 12.0 Å². The van der Waals surface area contributed by atoms with Gasteiger partial charge in [-0.3, -0.25) is 4.79 Å². The van der Waals surface area contributed by atoms with Gasteiger partial charge in [0, 0.05) is 45.4 Å². The number of nitrogens with zero attached hydrogens (tertiary/aromatic N) is 2. The van der Waals surface area contributed by atoms with Crippen LogP contribution in [0, 0.1) is 5.41 Å². The summed E-state index contributed by atoms with van der Waals surface area (Å²) in [6.07, 6.45) is 0.892. The van der Waals surface area contributed by atoms with E-state index in [0.717, 1.165) is 6.54 Å². The Labute approximate surface area is 125 Å². The average Bonchev–Trinajstić information content (AvgIpc) is 2.48. The van der Waals surface area contributed by atoms with Crippen LogP contribution in [-0.2, 0) is 9.53 Å². The van der Waals surface area contributed by atoms with Crippen LogP contribution in [0.15, 0.2) is 0 Å². The number of rotatable bonds is 3. The number of urea groups is 1. The minimum Gasteiger partial charge on any atom is -0.481 e. The maximum Gasteiger partial charge on any atom is 0.317 e. The molecule has 2 saturated heterocycles. The fraction of sp³-hybridized carbons (Fsp3) is 0.857. The molecule has 1 atom stereocenters. The molecule has 1 unspecified atom stereocenters. The Kier molecular flexibility index (Phi) is 5.05. The van der Waals surface area contributed by atoms with E-state index in [1.807, 2.05) is 7.05 Å². The highest BCUT2D eigenvalue weighted by atomic mass is 16.5. The van der Waals surface area contributed by atoms with Crippen molar-refractivity contribution >= 4 is 12.0 Å². The number of hydrogen-bond acceptors (Lipinski definition) is 4. The predicted molar refractivity (Wildman–Crippen MR) is 77.2 cm³/mol. The number of carboxylic acid groups (broad SMARTS) is 1. The minimum absolute atomic E-state index is 0.165. The normalized spacial score (nSPS) is 26.4. The van der Waals surface area contributed by atoms with Gasteiger partial charge in [-0.05, 0) is 26.8 Å². The summed E-state index contributed by atoms with van der Waals surface area (Å²) in [4.78, 5) is 27.7. The van der Waals surface area contributed by atoms with Crippen molar-refractivity contribution in [2.45, 2.75) is 25.8 Å². The molecule has 7 nitrogen and oxygen atoms in total. The summed E-state index contributed by atoms with van der Waals surface area (Å²) in [5.74, 6) is -0.849. The zero-order valence-corrected chi connectivity index (χ0v) is 12.8. The Morgan fingerprint density at radius 1 is 1.33 bits per heavy atom. The van der Waals surface area contributed by atoms with E-state index in [4.69, 9.17) is 4.74 Å². The molecule has 0 aromatic rings. The Hall–Kier alpha value is -1.34. The van der Waals surface area contributed by atoms with E-state index >= 15 is 0 Å². The fourth-order valence-electron chi connectivity index (χ4n) is 2.82. The molecule has 0 radical (unpaired) electrons. The fourth-order valence-corrected chi connectivity index (χ4v) is 2.82. The molecule has 0 bridgehead atoms. The maximum absolute atomic E-state index is 12.2. The van der Waals surface area contributed by atoms with Crippen molar-refractivity contribution in [2.75, 3.05) is 46.4 Å². The summed E-state index contributed by atoms with van der Waals surface area (Å²) >= 11 is 0. The number of carbonyl (C=O) groups excluding carboxylic acids is 1. The van der Waals surface area contributed by atoms with E-state index in [1.165, 1.54) is 0 Å². The van der Waals surface area contributed by atoms with Crippen molar-refractivity contribution in [2.24, 2.45) is 5.41 Å². The molecule has 2 aliphatic heterocycles. The number of amides is 2. The van der Waals surface area contributed by atoms with Gasteiger partial charge in [0.1, 0.15) is 0 Å². The molecule has 2 amide bonds. The Balaban J connectivity index is 1.89. The minimum atomic E-state index is -0.883. The molecule has 2 aliphatic rings. The molecule has 0 aliphatic carbocycles. The molecular formula is C14H25N3O4. The maximum atomic E-state index is 12.2. The van der Waals surface area contributed by atoms with Gasteiger partial charge in [0.2, 0.25) is 0 Å². The third kappa shape index (κ3) is 3.65. The van der Waals surface area contributed by atoms with Gasteiger partial charge in [-0.1, -0.05) is 0 Å². The smallest absolute Gasteiger partial charge is 0.317 e. The molecule has 0 aromatic carbocycles. The summed E-state index contributed by atoms with van der Waals surface area (Å²) in [5.41, 5.74) is -0.883. The molecule has 21 heavy (non-hydrogen) atoms. The molecule has 2 heterocycles. The summed E-state index contributed by atoms with van der Waals surface area (Å²) in [6, 6.07) is 0.156. The van der Waals surface area contributed by atoms with E-state index in [1.54, 1.807) is 4.90 Å². The summed E-state index contributed by atoms with van der Waals surface area (Å²) in [5, 5.41) is 12.3. The molecule has 2 fully saturated rings. The quantitative estimate of drug-likeness (QED) is 0.779. The van der Waals surface area contributed by atoms with E-state index < -0.39 is 11.4 Å². The number of nitrogens with one attached hydrogen (secondary N) is 1. The molecule has 0 saturated carbocycles. The predicted octanol–water partition coefficient (Wildman–Crippen LogP) is 0.213. The Bertz CT molecular complexity index is 396. The van der Waals surface area contributed by atoms with Crippen LogP contribution in [0.4, 0.5) is 4.79 Å². The number of piperazine rings is 1. The van der Waals surface area contributed by atoms with Crippen LogP contribution in [0.5, 0.6) is 0 Å². The first-order valence-electron chi connectivity index (χ1n) is 7.49. The first kappa shape index (κ1) is 16.0. The summed E-state index contributed by atoms with van der Waals surface area (Å²) in [6.45, 7) is 5.32. The molecule has 7 heteroatoms. The lowest BCUT2D eigenvalue weighted by Gasteiger charge is -2.38. The SMILES string of the molecule is CC1CN(C(=O)NCC2(C(=O)O)CCOCC2)CCN1C. The van der Waals surface area contributed by atoms with Crippen LogP contribution < -0.4 is 5.32 Å². The Morgan fingerprint density at radius 3 is 2.57 bits per heavy atom. The van der Waals surface area contributed by atoms with Gasteiger partial charge in [-0.15, -0.1) is 0 Å². The van der Waals surface area contributed by atoms with Crippen LogP contribution in [0.1, 0.15) is 19.8 Å². The highest BCUT2D eigenvalue weighted by molar-refractivity contribution is 5.78. The van der Waals surface area contributed by atoms with Crippen LogP contribution in [0.3, 0.4) is 0 Å². The largest absolute Gasteiger partial charge is 0.481 e. The van der Waals surface area contributed by atoms with Gasteiger partial charge in [-0.2, -0.15) is 0 Å². The van der Waals surface area contributed by atoms with E-state index in [2.05, 4.69) is 17.1 Å². The van der Waals surface area contributed by atoms with Crippen LogP contribution in [0.25, 0.3) is 0 Å². The van der Waals surface area contributed by atoms with Crippen LogP contribution in [0.2, 0.25) is 0 Å². The zero-order valence-electron chi connectivity index (χ0n) is 12.8. The van der Waals surface area contributed by atoms with Gasteiger partial charge < -0.3 is 25.0 Å². The van der Waals surface area contributed by atoms with Gasteiger partial charge in [0.15, 0.2) is 0 Å². The van der Waals surface area contributed by atoms with E-state index in [9.17, 15) is 14.7 Å². The van der Waals surface area contributed by atoms with Crippen molar-refractivity contribution in [1.82, 2.24) is 15.1 Å². The lowest BCUT2D eigenvalue weighted by Crippen LogP contribution is -2.56. The molecule has 0 spiro atoms. The average molecular weight is 299 g/mol. The van der Waals surface area contributed by atoms with Gasteiger partial charge in [-0.25, -0.2) is 4.79 Å². The Morgan fingerprint density at radius 2 is 2.00 bits per heavy atom. The molecule has 2 N–H and O–H groups in total. The van der Waals surface area contributed by atoms with Gasteiger partial charge in [0.05, 0.1) is 5.41 Å². The van der Waals surface area contributed by atoms with Crippen LogP contribution in [-0.4, -0.2) is 79.4 Å². The van der Waals surface area contributed by atoms with E-state index in [0.29, 0.717) is 45.2 Å². The van der Waals surface area contributed by atoms with Crippen molar-refractivity contribution in [1.29, 1.82) is 0 Å². The number of carbonyl (C=O) groups is 2. The number of likely N-dealkylation sites (N-methyl/N-ethyl adjacent to an activating group) is 1. The second kappa shape index (κ2) is 6.62. The topological polar surface area (TPSA) is 82.1 Å². The second-order valence-corrected chi connectivity index (χ2v) is 6.13. The molecule has 2 rings (SSSR count). The highest BCUT2D eigenvalue weighted by Gasteiger charge is 2.40. The van der Waals surface area contributed by atoms with Crippen molar-refractivity contribution in [3.05, 3.63) is 0 Å². The third-order valence-corrected chi connectivity index (χ3v) is 4.73. The highest BCUT2D eigenvalue weighted by Crippen LogP contribution is 2.30. The first-order valence-corrected chi connectivity index (χ1v) is 7.49. The molecule has 0 aromatic heterocycles. The van der Waals surface area contributed by atoms with Crippen molar-refractivity contribution in [3.63, 3.8) is 0 Å². The zero-order chi connectivity index (χ0) is 15.5. The second-order valence-electron chi connectivity index (χ2n) is 6.13. The standard InChI is InChI=1S/C14H25N3O4/c1-11-9-17(6-5-16(11)2)13(20)15-10-14(12(18)19)3-7-21-8-4-14/h11H,3-10H2,1-2H3,(H,15,20)(H,18,19). The summed E-state index contributed by atoms with van der Waals surface area (Å²) in [7, 11) is 2.04. The van der Waals surface area contributed by atoms with Gasteiger partial charge in [0.25, 0.3) is 0 Å². The van der Waals surface area contributed by atoms with E-state index in [-0.39, 0.29) is 12.6 Å². The number of carboxylic acids is 1. The number of aliphatic carboxylic acids is 1. The third-order valence-electron chi connectivity index (χ3n) is 4.73. The number of ether oxygens (including phenoxy) is 1. The lowest BCUT2D eigenvalue weighted by molar-refractivity contribution is -0.154. The lowest BCUT2D eigenvalue weighted by atomic mass is 9.80. The number of hydrogen-bond donors (Lipinski definition) is 2. The van der Waals surface area contributed by atoms with Crippen LogP contribution >= 0.6 is 0 Å². The summed E-state index contributed by atoms with van der Waals surface area (Å²) < 4.78 is 5.23.